The highest BCUT2D eigenvalue weighted by Gasteiger charge is 2.73. The van der Waals surface area contributed by atoms with Crippen LogP contribution in [0.5, 0.6) is 0 Å². The molecule has 0 spiro atoms. The molecule has 3 rings (SSSR count). The number of nitrogens with one attached hydrogen (secondary N) is 1. The summed E-state index contributed by atoms with van der Waals surface area (Å²) in [7, 11) is 1.63. The van der Waals surface area contributed by atoms with Gasteiger partial charge in [-0.25, -0.2) is 13.2 Å². The Bertz CT molecular complexity index is 549. The summed E-state index contributed by atoms with van der Waals surface area (Å²) in [5.74, 6) is -4.66. The van der Waals surface area contributed by atoms with Gasteiger partial charge in [-0.2, -0.15) is 0 Å². The predicted octanol–water partition coefficient (Wildman–Crippen LogP) is 4.68. The van der Waals surface area contributed by atoms with Crippen LogP contribution in [-0.4, -0.2) is 13.0 Å². The standard InChI is InChI=1S/C14H14Cl2F3N/c1-20-13(6-2-3-7-11(6)14(7,18)19)10-9(17)5-4-8(15)12(10)16/h4-7,11,13,20H,2-3H2,1H3. The first-order valence-electron chi connectivity index (χ1n) is 6.58. The van der Waals surface area contributed by atoms with Crippen molar-refractivity contribution in [2.75, 3.05) is 7.05 Å². The molecule has 2 saturated carbocycles. The Kier molecular flexibility index (Phi) is 3.47. The molecule has 2 fully saturated rings. The van der Waals surface area contributed by atoms with Crippen molar-refractivity contribution in [2.24, 2.45) is 17.8 Å². The van der Waals surface area contributed by atoms with E-state index >= 15 is 0 Å². The Morgan fingerprint density at radius 2 is 2.00 bits per heavy atom. The van der Waals surface area contributed by atoms with Crippen molar-refractivity contribution in [3.8, 4) is 0 Å². The molecule has 2 aliphatic rings. The first kappa shape index (κ1) is 14.5. The Morgan fingerprint density at radius 1 is 1.30 bits per heavy atom. The Morgan fingerprint density at radius 3 is 2.55 bits per heavy atom. The minimum absolute atomic E-state index is 0.110. The van der Waals surface area contributed by atoms with E-state index < -0.39 is 29.6 Å². The average molecular weight is 324 g/mol. The summed E-state index contributed by atoms with van der Waals surface area (Å²) < 4.78 is 41.3. The summed E-state index contributed by atoms with van der Waals surface area (Å²) in [5, 5.41) is 3.29. The number of halogens is 5. The van der Waals surface area contributed by atoms with Crippen molar-refractivity contribution in [1.29, 1.82) is 0 Å². The van der Waals surface area contributed by atoms with Crippen LogP contribution >= 0.6 is 23.2 Å². The number of hydrogen-bond acceptors (Lipinski definition) is 1. The van der Waals surface area contributed by atoms with Crippen molar-refractivity contribution in [3.05, 3.63) is 33.6 Å². The number of rotatable bonds is 3. The van der Waals surface area contributed by atoms with E-state index in [1.807, 2.05) is 0 Å². The number of hydrogen-bond donors (Lipinski definition) is 1. The van der Waals surface area contributed by atoms with E-state index in [4.69, 9.17) is 23.2 Å². The van der Waals surface area contributed by atoms with Gasteiger partial charge in [-0.3, -0.25) is 0 Å². The van der Waals surface area contributed by atoms with Crippen LogP contribution in [0.1, 0.15) is 24.4 Å². The molecule has 0 heterocycles. The molecular formula is C14H14Cl2F3N. The van der Waals surface area contributed by atoms with Gasteiger partial charge in [0.1, 0.15) is 5.82 Å². The molecule has 0 aromatic heterocycles. The lowest BCUT2D eigenvalue weighted by Crippen LogP contribution is -2.28. The van der Waals surface area contributed by atoms with Crippen LogP contribution in [0.2, 0.25) is 10.0 Å². The van der Waals surface area contributed by atoms with Gasteiger partial charge < -0.3 is 5.32 Å². The zero-order valence-electron chi connectivity index (χ0n) is 10.8. The fourth-order valence-corrected chi connectivity index (χ4v) is 4.13. The van der Waals surface area contributed by atoms with E-state index in [1.165, 1.54) is 12.1 Å². The monoisotopic (exact) mass is 323 g/mol. The smallest absolute Gasteiger partial charge is 0.255 e. The summed E-state index contributed by atoms with van der Waals surface area (Å²) in [4.78, 5) is 0. The van der Waals surface area contributed by atoms with Gasteiger partial charge in [-0.15, -0.1) is 0 Å². The fraction of sp³-hybridized carbons (Fsp3) is 0.571. The Balaban J connectivity index is 1.98. The van der Waals surface area contributed by atoms with Crippen LogP contribution in [-0.2, 0) is 0 Å². The fourth-order valence-electron chi connectivity index (χ4n) is 3.70. The van der Waals surface area contributed by atoms with Gasteiger partial charge in [0.05, 0.1) is 10.0 Å². The maximum absolute atomic E-state index is 14.1. The van der Waals surface area contributed by atoms with Crippen LogP contribution in [0.15, 0.2) is 12.1 Å². The van der Waals surface area contributed by atoms with Crippen molar-refractivity contribution in [3.63, 3.8) is 0 Å². The predicted molar refractivity (Wildman–Crippen MR) is 72.9 cm³/mol. The molecule has 4 atom stereocenters. The molecule has 1 aromatic carbocycles. The Labute approximate surface area is 125 Å². The second-order valence-corrected chi connectivity index (χ2v) is 6.36. The first-order chi connectivity index (χ1) is 9.39. The summed E-state index contributed by atoms with van der Waals surface area (Å²) in [6.45, 7) is 0. The van der Waals surface area contributed by atoms with E-state index in [0.717, 1.165) is 0 Å². The summed E-state index contributed by atoms with van der Waals surface area (Å²) in [6, 6.07) is 2.06. The molecule has 1 nitrogen and oxygen atoms in total. The van der Waals surface area contributed by atoms with Gasteiger partial charge >= 0.3 is 0 Å². The molecule has 0 saturated heterocycles. The molecule has 2 aliphatic carbocycles. The van der Waals surface area contributed by atoms with Crippen LogP contribution in [0.4, 0.5) is 13.2 Å². The second kappa shape index (κ2) is 4.79. The third kappa shape index (κ3) is 1.96. The molecule has 20 heavy (non-hydrogen) atoms. The topological polar surface area (TPSA) is 12.0 Å². The van der Waals surface area contributed by atoms with Crippen LogP contribution in [0.3, 0.4) is 0 Å². The molecule has 4 unspecified atom stereocenters. The van der Waals surface area contributed by atoms with Gasteiger partial charge in [0.15, 0.2) is 0 Å². The number of benzene rings is 1. The van der Waals surface area contributed by atoms with Crippen molar-refractivity contribution >= 4 is 23.2 Å². The van der Waals surface area contributed by atoms with Gasteiger partial charge in [0, 0.05) is 23.4 Å². The summed E-state index contributed by atoms with van der Waals surface area (Å²) in [6.07, 6.45) is 1.14. The van der Waals surface area contributed by atoms with E-state index in [2.05, 4.69) is 5.32 Å². The van der Waals surface area contributed by atoms with Crippen LogP contribution in [0.25, 0.3) is 0 Å². The van der Waals surface area contributed by atoms with E-state index in [0.29, 0.717) is 12.8 Å². The normalized spacial score (nSPS) is 32.0. The van der Waals surface area contributed by atoms with Crippen LogP contribution < -0.4 is 5.32 Å². The highest BCUT2D eigenvalue weighted by molar-refractivity contribution is 6.42. The zero-order chi connectivity index (χ0) is 14.7. The quantitative estimate of drug-likeness (QED) is 0.796. The minimum Gasteiger partial charge on any atom is -0.313 e. The molecule has 0 radical (unpaired) electrons. The first-order valence-corrected chi connectivity index (χ1v) is 7.33. The molecule has 6 heteroatoms. The van der Waals surface area contributed by atoms with Gasteiger partial charge in [-0.1, -0.05) is 23.2 Å². The molecule has 0 aliphatic heterocycles. The maximum atomic E-state index is 14.1. The largest absolute Gasteiger partial charge is 0.313 e. The number of fused-ring (bicyclic) bond motifs is 1. The third-order valence-electron chi connectivity index (χ3n) is 4.67. The van der Waals surface area contributed by atoms with E-state index in [9.17, 15) is 13.2 Å². The molecule has 110 valence electrons. The number of alkyl halides is 2. The molecule has 1 N–H and O–H groups in total. The third-order valence-corrected chi connectivity index (χ3v) is 5.48. The second-order valence-electron chi connectivity index (χ2n) is 5.57. The van der Waals surface area contributed by atoms with Gasteiger partial charge in [0.2, 0.25) is 0 Å². The van der Waals surface area contributed by atoms with Crippen molar-refractivity contribution in [2.45, 2.75) is 24.8 Å². The van der Waals surface area contributed by atoms with Crippen LogP contribution in [0, 0.1) is 23.6 Å². The lowest BCUT2D eigenvalue weighted by molar-refractivity contribution is 0.0536. The van der Waals surface area contributed by atoms with Crippen molar-refractivity contribution in [1.82, 2.24) is 5.32 Å². The molecular weight excluding hydrogens is 310 g/mol. The van der Waals surface area contributed by atoms with Crippen molar-refractivity contribution < 1.29 is 13.2 Å². The van der Waals surface area contributed by atoms with Gasteiger partial charge in [-0.05, 0) is 37.9 Å². The summed E-state index contributed by atoms with van der Waals surface area (Å²) >= 11 is 12.0. The highest BCUT2D eigenvalue weighted by atomic mass is 35.5. The van der Waals surface area contributed by atoms with E-state index in [-0.39, 0.29) is 21.5 Å². The minimum atomic E-state index is -2.61. The average Bonchev–Trinajstić information content (AvgIpc) is 2.78. The summed E-state index contributed by atoms with van der Waals surface area (Å²) in [5.41, 5.74) is 0.204. The SMILES string of the molecule is CNC(c1c(F)ccc(Cl)c1Cl)C1CCC2C1C2(F)F. The highest BCUT2D eigenvalue weighted by Crippen LogP contribution is 2.68. The molecule has 0 amide bonds. The van der Waals surface area contributed by atoms with E-state index in [1.54, 1.807) is 7.05 Å². The molecule has 0 bridgehead atoms. The van der Waals surface area contributed by atoms with Gasteiger partial charge in [0.25, 0.3) is 5.92 Å². The zero-order valence-corrected chi connectivity index (χ0v) is 12.3. The lowest BCUT2D eigenvalue weighted by Gasteiger charge is -2.27. The lowest BCUT2D eigenvalue weighted by atomic mass is 9.88. The maximum Gasteiger partial charge on any atom is 0.255 e. The Hall–Kier alpha value is -0.450. The molecule has 1 aromatic rings.